The molecule has 0 bridgehead atoms. The van der Waals surface area contributed by atoms with Gasteiger partial charge in [0.05, 0.1) is 0 Å². The molecule has 0 saturated carbocycles. The SMILES string of the molecule is [CH2]CC=CCCC1Cc2ccccc2O1. The lowest BCUT2D eigenvalue weighted by Crippen LogP contribution is -2.11. The Balaban J connectivity index is 1.83. The van der Waals surface area contributed by atoms with E-state index < -0.39 is 0 Å². The summed E-state index contributed by atoms with van der Waals surface area (Å²) >= 11 is 0. The summed E-state index contributed by atoms with van der Waals surface area (Å²) < 4.78 is 5.84. The standard InChI is InChI=1S/C14H17O/c1-2-3-4-5-9-13-11-12-8-6-7-10-14(12)15-13/h3-4,6-8,10,13H,1-2,5,9,11H2. The van der Waals surface area contributed by atoms with Crippen molar-refractivity contribution in [3.63, 3.8) is 0 Å². The molecule has 1 aromatic carbocycles. The highest BCUT2D eigenvalue weighted by Crippen LogP contribution is 2.29. The van der Waals surface area contributed by atoms with Crippen molar-refractivity contribution in [2.45, 2.75) is 31.8 Å². The van der Waals surface area contributed by atoms with Gasteiger partial charge in [0.2, 0.25) is 0 Å². The van der Waals surface area contributed by atoms with Crippen molar-refractivity contribution in [1.29, 1.82) is 0 Å². The summed E-state index contributed by atoms with van der Waals surface area (Å²) in [6.07, 6.45) is 8.82. The summed E-state index contributed by atoms with van der Waals surface area (Å²) in [5, 5.41) is 0. The fourth-order valence-corrected chi connectivity index (χ4v) is 1.93. The summed E-state index contributed by atoms with van der Waals surface area (Å²) in [6, 6.07) is 8.32. The van der Waals surface area contributed by atoms with E-state index in [0.29, 0.717) is 6.10 Å². The predicted octanol–water partition coefficient (Wildman–Crippen LogP) is 3.55. The van der Waals surface area contributed by atoms with E-state index >= 15 is 0 Å². The van der Waals surface area contributed by atoms with Crippen LogP contribution in [0.3, 0.4) is 0 Å². The predicted molar refractivity (Wildman–Crippen MR) is 62.9 cm³/mol. The second-order valence-electron chi connectivity index (χ2n) is 3.89. The van der Waals surface area contributed by atoms with Crippen molar-refractivity contribution in [2.24, 2.45) is 0 Å². The minimum atomic E-state index is 0.372. The maximum absolute atomic E-state index is 5.84. The molecule has 2 rings (SSSR count). The molecule has 1 heteroatoms. The van der Waals surface area contributed by atoms with Crippen LogP contribution < -0.4 is 4.74 Å². The zero-order chi connectivity index (χ0) is 10.5. The molecule has 1 unspecified atom stereocenters. The van der Waals surface area contributed by atoms with Crippen LogP contribution in [-0.4, -0.2) is 6.10 Å². The van der Waals surface area contributed by atoms with E-state index in [9.17, 15) is 0 Å². The number of fused-ring (bicyclic) bond motifs is 1. The Bertz CT molecular complexity index is 316. The van der Waals surface area contributed by atoms with E-state index in [1.807, 2.05) is 6.07 Å². The maximum atomic E-state index is 5.84. The molecule has 1 aliphatic heterocycles. The highest BCUT2D eigenvalue weighted by molar-refractivity contribution is 5.37. The van der Waals surface area contributed by atoms with Gasteiger partial charge < -0.3 is 4.74 Å². The third-order valence-electron chi connectivity index (χ3n) is 2.70. The van der Waals surface area contributed by atoms with Crippen molar-refractivity contribution < 1.29 is 4.74 Å². The summed E-state index contributed by atoms with van der Waals surface area (Å²) in [6.45, 7) is 3.77. The van der Waals surface area contributed by atoms with Gasteiger partial charge in [-0.25, -0.2) is 0 Å². The summed E-state index contributed by atoms with van der Waals surface area (Å²) in [7, 11) is 0. The molecular formula is C14H17O. The van der Waals surface area contributed by atoms with Gasteiger partial charge in [0.1, 0.15) is 11.9 Å². The Hall–Kier alpha value is -1.24. The number of hydrogen-bond donors (Lipinski definition) is 0. The molecule has 0 amide bonds. The number of para-hydroxylation sites is 1. The molecule has 1 atom stereocenters. The Kier molecular flexibility index (Phi) is 3.44. The monoisotopic (exact) mass is 201 g/mol. The van der Waals surface area contributed by atoms with Crippen LogP contribution in [0.15, 0.2) is 36.4 Å². The van der Waals surface area contributed by atoms with Crippen molar-refractivity contribution in [3.8, 4) is 5.75 Å². The van der Waals surface area contributed by atoms with Gasteiger partial charge in [-0.1, -0.05) is 30.4 Å². The third kappa shape index (κ3) is 2.62. The molecular weight excluding hydrogens is 184 g/mol. The van der Waals surface area contributed by atoms with E-state index in [2.05, 4.69) is 37.3 Å². The van der Waals surface area contributed by atoms with Gasteiger partial charge in [0.15, 0.2) is 0 Å². The molecule has 1 aliphatic rings. The van der Waals surface area contributed by atoms with Crippen LogP contribution in [0.2, 0.25) is 0 Å². The Morgan fingerprint density at radius 3 is 3.00 bits per heavy atom. The minimum absolute atomic E-state index is 0.372. The normalized spacial score (nSPS) is 19.1. The van der Waals surface area contributed by atoms with Crippen LogP contribution >= 0.6 is 0 Å². The molecule has 0 aliphatic carbocycles. The Labute approximate surface area is 91.8 Å². The second kappa shape index (κ2) is 5.01. The number of benzene rings is 1. The first-order valence-corrected chi connectivity index (χ1v) is 5.59. The average Bonchev–Trinajstić information content (AvgIpc) is 2.67. The Morgan fingerprint density at radius 1 is 1.33 bits per heavy atom. The molecule has 0 aromatic heterocycles. The molecule has 0 fully saturated rings. The van der Waals surface area contributed by atoms with E-state index in [4.69, 9.17) is 4.74 Å². The van der Waals surface area contributed by atoms with Crippen LogP contribution in [0.1, 0.15) is 24.8 Å². The molecule has 15 heavy (non-hydrogen) atoms. The van der Waals surface area contributed by atoms with Gasteiger partial charge >= 0.3 is 0 Å². The topological polar surface area (TPSA) is 9.23 Å². The molecule has 79 valence electrons. The van der Waals surface area contributed by atoms with Gasteiger partial charge in [0, 0.05) is 6.42 Å². The molecule has 0 spiro atoms. The summed E-state index contributed by atoms with van der Waals surface area (Å²) in [5.74, 6) is 1.07. The summed E-state index contributed by atoms with van der Waals surface area (Å²) in [5.41, 5.74) is 1.35. The number of hydrogen-bond acceptors (Lipinski definition) is 1. The van der Waals surface area contributed by atoms with Crippen LogP contribution in [-0.2, 0) is 6.42 Å². The van der Waals surface area contributed by atoms with E-state index in [1.54, 1.807) is 0 Å². The molecule has 0 N–H and O–H groups in total. The van der Waals surface area contributed by atoms with Gasteiger partial charge in [-0.15, -0.1) is 0 Å². The quantitative estimate of drug-likeness (QED) is 0.677. The van der Waals surface area contributed by atoms with Gasteiger partial charge in [-0.05, 0) is 37.8 Å². The van der Waals surface area contributed by atoms with E-state index in [0.717, 1.165) is 31.4 Å². The maximum Gasteiger partial charge on any atom is 0.123 e. The summed E-state index contributed by atoms with van der Waals surface area (Å²) in [4.78, 5) is 0. The molecule has 1 heterocycles. The van der Waals surface area contributed by atoms with Crippen molar-refractivity contribution >= 4 is 0 Å². The van der Waals surface area contributed by atoms with Crippen molar-refractivity contribution in [2.75, 3.05) is 0 Å². The smallest absolute Gasteiger partial charge is 0.123 e. The molecule has 1 aromatic rings. The fraction of sp³-hybridized carbons (Fsp3) is 0.357. The van der Waals surface area contributed by atoms with Crippen molar-refractivity contribution in [1.82, 2.24) is 0 Å². The first-order chi connectivity index (χ1) is 7.40. The highest BCUT2D eigenvalue weighted by Gasteiger charge is 2.20. The first-order valence-electron chi connectivity index (χ1n) is 5.59. The van der Waals surface area contributed by atoms with Gasteiger partial charge in [-0.3, -0.25) is 0 Å². The van der Waals surface area contributed by atoms with Crippen LogP contribution in [0, 0.1) is 6.92 Å². The van der Waals surface area contributed by atoms with Crippen LogP contribution in [0.25, 0.3) is 0 Å². The fourth-order valence-electron chi connectivity index (χ4n) is 1.93. The third-order valence-corrected chi connectivity index (χ3v) is 2.70. The average molecular weight is 201 g/mol. The zero-order valence-corrected chi connectivity index (χ0v) is 8.99. The highest BCUT2D eigenvalue weighted by atomic mass is 16.5. The lowest BCUT2D eigenvalue weighted by Gasteiger charge is -2.08. The van der Waals surface area contributed by atoms with Crippen LogP contribution in [0.4, 0.5) is 0 Å². The largest absolute Gasteiger partial charge is 0.490 e. The van der Waals surface area contributed by atoms with Crippen molar-refractivity contribution in [3.05, 3.63) is 48.9 Å². The second-order valence-corrected chi connectivity index (χ2v) is 3.89. The van der Waals surface area contributed by atoms with E-state index in [-0.39, 0.29) is 0 Å². The first kappa shape index (κ1) is 10.3. The number of allylic oxidation sites excluding steroid dienone is 2. The minimum Gasteiger partial charge on any atom is -0.490 e. The number of ether oxygens (including phenoxy) is 1. The molecule has 0 saturated heterocycles. The van der Waals surface area contributed by atoms with Gasteiger partial charge in [-0.2, -0.15) is 0 Å². The van der Waals surface area contributed by atoms with Gasteiger partial charge in [0.25, 0.3) is 0 Å². The molecule has 1 nitrogen and oxygen atoms in total. The lowest BCUT2D eigenvalue weighted by molar-refractivity contribution is 0.223. The lowest BCUT2D eigenvalue weighted by atomic mass is 10.1. The zero-order valence-electron chi connectivity index (χ0n) is 8.99. The van der Waals surface area contributed by atoms with E-state index in [1.165, 1.54) is 5.56 Å². The van der Waals surface area contributed by atoms with Crippen LogP contribution in [0.5, 0.6) is 5.75 Å². The number of rotatable bonds is 4. The molecule has 1 radical (unpaired) electrons. The Morgan fingerprint density at radius 2 is 2.20 bits per heavy atom.